The highest BCUT2D eigenvalue weighted by molar-refractivity contribution is 6.00. The fourth-order valence-electron chi connectivity index (χ4n) is 1.82. The third-order valence-corrected chi connectivity index (χ3v) is 2.64. The van der Waals surface area contributed by atoms with E-state index >= 15 is 0 Å². The van der Waals surface area contributed by atoms with Gasteiger partial charge in [0.1, 0.15) is 0 Å². The van der Waals surface area contributed by atoms with Gasteiger partial charge in [-0.2, -0.15) is 0 Å². The van der Waals surface area contributed by atoms with Crippen LogP contribution in [0.4, 0.5) is 0 Å². The first kappa shape index (κ1) is 14.5. The van der Waals surface area contributed by atoms with Crippen LogP contribution in [-0.2, 0) is 0 Å². The van der Waals surface area contributed by atoms with Crippen molar-refractivity contribution in [1.82, 2.24) is 5.32 Å². The molecule has 1 unspecified atom stereocenters. The van der Waals surface area contributed by atoms with E-state index in [0.29, 0.717) is 17.1 Å². The first-order valence-corrected chi connectivity index (χ1v) is 6.01. The number of carbonyl (C=O) groups excluding carboxylic acids is 1. The van der Waals surface area contributed by atoms with E-state index in [0.717, 1.165) is 0 Å². The zero-order valence-electron chi connectivity index (χ0n) is 11.6. The van der Waals surface area contributed by atoms with Gasteiger partial charge in [-0.15, -0.1) is 0 Å². The molecule has 0 bridgehead atoms. The van der Waals surface area contributed by atoms with E-state index in [2.05, 4.69) is 5.32 Å². The molecule has 0 aliphatic heterocycles. The lowest BCUT2D eigenvalue weighted by Gasteiger charge is -2.16. The number of rotatable bonds is 6. The first-order chi connectivity index (χ1) is 8.49. The fourth-order valence-corrected chi connectivity index (χ4v) is 1.82. The Bertz CT molecular complexity index is 416. The summed E-state index contributed by atoms with van der Waals surface area (Å²) in [5, 5.41) is 3.19. The molecule has 0 amide bonds. The minimum atomic E-state index is -0.219. The van der Waals surface area contributed by atoms with Gasteiger partial charge in [-0.3, -0.25) is 4.79 Å². The molecule has 4 heteroatoms. The summed E-state index contributed by atoms with van der Waals surface area (Å²) in [7, 11) is 3.13. The molecule has 0 fully saturated rings. The van der Waals surface area contributed by atoms with Crippen LogP contribution in [0.25, 0.3) is 0 Å². The van der Waals surface area contributed by atoms with Crippen LogP contribution in [0.15, 0.2) is 18.2 Å². The van der Waals surface area contributed by atoms with Gasteiger partial charge in [-0.25, -0.2) is 0 Å². The number of methoxy groups -OCH3 is 2. The summed E-state index contributed by atoms with van der Waals surface area (Å²) < 4.78 is 10.3. The molecule has 1 N–H and O–H groups in total. The maximum absolute atomic E-state index is 12.2. The molecule has 0 aliphatic carbocycles. The summed E-state index contributed by atoms with van der Waals surface area (Å²) in [6, 6.07) is 5.25. The molecule has 1 rings (SSSR count). The molecule has 0 heterocycles. The monoisotopic (exact) mass is 251 g/mol. The molecule has 18 heavy (non-hydrogen) atoms. The Balaban J connectivity index is 2.92. The summed E-state index contributed by atoms with van der Waals surface area (Å²) in [5.41, 5.74) is 0.619. The van der Waals surface area contributed by atoms with Gasteiger partial charge in [-0.05, 0) is 25.1 Å². The lowest BCUT2D eigenvalue weighted by molar-refractivity contribution is 0.0946. The van der Waals surface area contributed by atoms with Gasteiger partial charge in [-0.1, -0.05) is 13.8 Å². The van der Waals surface area contributed by atoms with Crippen LogP contribution >= 0.6 is 0 Å². The van der Waals surface area contributed by atoms with Crippen molar-refractivity contribution < 1.29 is 14.3 Å². The number of hydrogen-bond acceptors (Lipinski definition) is 4. The molecule has 1 atom stereocenters. The molecule has 4 nitrogen and oxygen atoms in total. The first-order valence-electron chi connectivity index (χ1n) is 6.01. The maximum Gasteiger partial charge on any atom is 0.179 e. The van der Waals surface area contributed by atoms with E-state index in [4.69, 9.17) is 9.47 Å². The van der Waals surface area contributed by atoms with Crippen LogP contribution < -0.4 is 14.8 Å². The smallest absolute Gasteiger partial charge is 0.179 e. The summed E-state index contributed by atoms with van der Waals surface area (Å²) >= 11 is 0. The Morgan fingerprint density at radius 2 is 1.72 bits per heavy atom. The normalized spacial score (nSPS) is 12.3. The van der Waals surface area contributed by atoms with E-state index in [1.807, 2.05) is 20.8 Å². The molecule has 1 aromatic carbocycles. The van der Waals surface area contributed by atoms with Crippen LogP contribution in [-0.4, -0.2) is 32.1 Å². The van der Waals surface area contributed by atoms with Crippen LogP contribution in [0.2, 0.25) is 0 Å². The zero-order chi connectivity index (χ0) is 13.7. The van der Waals surface area contributed by atoms with Gasteiger partial charge in [0, 0.05) is 11.6 Å². The summed E-state index contributed by atoms with van der Waals surface area (Å²) in [6.45, 7) is 5.88. The van der Waals surface area contributed by atoms with Crippen molar-refractivity contribution in [1.29, 1.82) is 0 Å². The third kappa shape index (κ3) is 3.47. The van der Waals surface area contributed by atoms with Crippen LogP contribution in [0, 0.1) is 0 Å². The Morgan fingerprint density at radius 3 is 2.22 bits per heavy atom. The average Bonchev–Trinajstić information content (AvgIpc) is 2.36. The van der Waals surface area contributed by atoms with Crippen molar-refractivity contribution in [2.24, 2.45) is 0 Å². The number of ketones is 1. The molecular formula is C14H21NO3. The van der Waals surface area contributed by atoms with Crippen LogP contribution in [0.1, 0.15) is 31.1 Å². The van der Waals surface area contributed by atoms with E-state index in [9.17, 15) is 4.79 Å². The Kier molecular flexibility index (Phi) is 5.16. The maximum atomic E-state index is 12.2. The molecule has 1 aromatic rings. The van der Waals surface area contributed by atoms with Crippen molar-refractivity contribution in [3.05, 3.63) is 23.8 Å². The number of benzene rings is 1. The number of hydrogen-bond donors (Lipinski definition) is 1. The second-order valence-corrected chi connectivity index (χ2v) is 4.48. The Hall–Kier alpha value is -1.55. The number of carbonyl (C=O) groups is 1. The Labute approximate surface area is 108 Å². The van der Waals surface area contributed by atoms with E-state index in [1.165, 1.54) is 0 Å². The van der Waals surface area contributed by atoms with Crippen molar-refractivity contribution in [2.45, 2.75) is 32.9 Å². The predicted molar refractivity (Wildman–Crippen MR) is 71.6 cm³/mol. The van der Waals surface area contributed by atoms with Gasteiger partial charge >= 0.3 is 0 Å². The lowest BCUT2D eigenvalue weighted by atomic mass is 10.0. The molecule has 100 valence electrons. The standard InChI is InChI=1S/C14H21NO3/c1-9(2)15-10(3)14(16)11-6-7-12(17-4)13(8-11)18-5/h6-10,15H,1-5H3. The quantitative estimate of drug-likeness (QED) is 0.788. The van der Waals surface area contributed by atoms with E-state index in [-0.39, 0.29) is 17.9 Å². The minimum absolute atomic E-state index is 0.0460. The highest BCUT2D eigenvalue weighted by Crippen LogP contribution is 2.27. The molecule has 0 radical (unpaired) electrons. The van der Waals surface area contributed by atoms with Gasteiger partial charge in [0.15, 0.2) is 17.3 Å². The van der Waals surface area contributed by atoms with E-state index < -0.39 is 0 Å². The van der Waals surface area contributed by atoms with Gasteiger partial charge in [0.25, 0.3) is 0 Å². The second-order valence-electron chi connectivity index (χ2n) is 4.48. The SMILES string of the molecule is COc1ccc(C(=O)C(C)NC(C)C)cc1OC. The number of Topliss-reactive ketones (excluding diaryl/α,β-unsaturated/α-hetero) is 1. The topological polar surface area (TPSA) is 47.6 Å². The average molecular weight is 251 g/mol. The molecule has 0 spiro atoms. The van der Waals surface area contributed by atoms with Crippen molar-refractivity contribution in [3.8, 4) is 11.5 Å². The fraction of sp³-hybridized carbons (Fsp3) is 0.500. The largest absolute Gasteiger partial charge is 0.493 e. The molecule has 0 aliphatic rings. The molecule has 0 saturated heterocycles. The highest BCUT2D eigenvalue weighted by Gasteiger charge is 2.17. The summed E-state index contributed by atoms with van der Waals surface area (Å²) in [5.74, 6) is 1.24. The van der Waals surface area contributed by atoms with Crippen molar-refractivity contribution in [2.75, 3.05) is 14.2 Å². The highest BCUT2D eigenvalue weighted by atomic mass is 16.5. The number of nitrogens with one attached hydrogen (secondary N) is 1. The van der Waals surface area contributed by atoms with Gasteiger partial charge in [0.05, 0.1) is 20.3 Å². The summed E-state index contributed by atoms with van der Waals surface area (Å²) in [6.07, 6.45) is 0. The third-order valence-electron chi connectivity index (χ3n) is 2.64. The lowest BCUT2D eigenvalue weighted by Crippen LogP contribution is -2.38. The Morgan fingerprint density at radius 1 is 1.11 bits per heavy atom. The van der Waals surface area contributed by atoms with Crippen molar-refractivity contribution >= 4 is 5.78 Å². The van der Waals surface area contributed by atoms with Gasteiger partial charge in [0.2, 0.25) is 0 Å². The van der Waals surface area contributed by atoms with Crippen LogP contribution in [0.5, 0.6) is 11.5 Å². The number of ether oxygens (including phenoxy) is 2. The summed E-state index contributed by atoms with van der Waals surface area (Å²) in [4.78, 5) is 12.2. The van der Waals surface area contributed by atoms with Crippen molar-refractivity contribution in [3.63, 3.8) is 0 Å². The van der Waals surface area contributed by atoms with Gasteiger partial charge < -0.3 is 14.8 Å². The molecule has 0 aromatic heterocycles. The second kappa shape index (κ2) is 6.40. The van der Waals surface area contributed by atoms with Crippen LogP contribution in [0.3, 0.4) is 0 Å². The van der Waals surface area contributed by atoms with E-state index in [1.54, 1.807) is 32.4 Å². The predicted octanol–water partition coefficient (Wildman–Crippen LogP) is 2.27. The molecular weight excluding hydrogens is 230 g/mol. The molecule has 0 saturated carbocycles. The zero-order valence-corrected chi connectivity index (χ0v) is 11.6. The minimum Gasteiger partial charge on any atom is -0.493 e.